The second kappa shape index (κ2) is 9.40. The first-order valence-corrected chi connectivity index (χ1v) is 9.48. The third kappa shape index (κ3) is 5.46. The average Bonchev–Trinajstić information content (AvgIpc) is 2.90. The van der Waals surface area contributed by atoms with E-state index in [1.54, 1.807) is 31.2 Å². The quantitative estimate of drug-likeness (QED) is 0.480. The molecule has 0 radical (unpaired) electrons. The predicted molar refractivity (Wildman–Crippen MR) is 105 cm³/mol. The Balaban J connectivity index is 1.89. The monoisotopic (exact) mass is 405 g/mol. The zero-order valence-corrected chi connectivity index (χ0v) is 17.1. The molecule has 1 fully saturated rings. The molecule has 2 atom stereocenters. The van der Waals surface area contributed by atoms with E-state index in [2.05, 4.69) is 10.6 Å². The van der Waals surface area contributed by atoms with Crippen LogP contribution in [-0.2, 0) is 19.1 Å². The van der Waals surface area contributed by atoms with Gasteiger partial charge in [-0.2, -0.15) is 0 Å². The fraction of sp³-hybridized carbons (Fsp3) is 0.500. The van der Waals surface area contributed by atoms with Gasteiger partial charge in [0.05, 0.1) is 7.11 Å². The van der Waals surface area contributed by atoms with E-state index in [1.165, 1.54) is 14.0 Å². The molecular weight excluding hydrogens is 378 g/mol. The van der Waals surface area contributed by atoms with E-state index < -0.39 is 42.0 Å². The van der Waals surface area contributed by atoms with E-state index in [1.807, 2.05) is 6.92 Å². The Kier molecular flexibility index (Phi) is 7.19. The first-order valence-electron chi connectivity index (χ1n) is 9.48. The lowest BCUT2D eigenvalue weighted by Gasteiger charge is -2.21. The summed E-state index contributed by atoms with van der Waals surface area (Å²) >= 11 is 0. The number of urea groups is 1. The minimum absolute atomic E-state index is 0.469. The number of hydrogen-bond donors (Lipinski definition) is 2. The van der Waals surface area contributed by atoms with Crippen LogP contribution in [-0.4, -0.2) is 54.0 Å². The fourth-order valence-electron chi connectivity index (χ4n) is 2.93. The topological polar surface area (TPSA) is 114 Å². The summed E-state index contributed by atoms with van der Waals surface area (Å²) in [6, 6.07) is 6.02. The van der Waals surface area contributed by atoms with Crippen molar-refractivity contribution >= 4 is 29.5 Å². The summed E-state index contributed by atoms with van der Waals surface area (Å²) in [7, 11) is 1.53. The van der Waals surface area contributed by atoms with Crippen molar-refractivity contribution in [1.29, 1.82) is 0 Å². The van der Waals surface area contributed by atoms with E-state index in [4.69, 9.17) is 9.47 Å². The van der Waals surface area contributed by atoms with Crippen LogP contribution >= 0.6 is 0 Å². The first-order chi connectivity index (χ1) is 13.7. The number of carbonyl (C=O) groups excluding carboxylic acids is 4. The summed E-state index contributed by atoms with van der Waals surface area (Å²) in [4.78, 5) is 49.9. The molecule has 0 aliphatic carbocycles. The molecule has 0 saturated carbocycles. The van der Waals surface area contributed by atoms with Crippen LogP contribution in [0.15, 0.2) is 24.3 Å². The highest BCUT2D eigenvalue weighted by molar-refractivity contribution is 6.08. The summed E-state index contributed by atoms with van der Waals surface area (Å²) in [5.74, 6) is -1.20. The van der Waals surface area contributed by atoms with Crippen LogP contribution in [0.4, 0.5) is 10.5 Å². The Labute approximate surface area is 169 Å². The molecule has 4 amide bonds. The first kappa shape index (κ1) is 22.2. The van der Waals surface area contributed by atoms with Crippen LogP contribution in [0.25, 0.3) is 0 Å². The standard InChI is InChI=1S/C20H27N3O6/c1-5-6-11-20(3)18(26)23(19(27)22-20)12-16(24)29-13(2)17(25)21-14-7-9-15(28-4)10-8-14/h7-10,13H,5-6,11-12H2,1-4H3,(H,21,25)(H,22,27)/t13-,20-/m0/s1. The van der Waals surface area contributed by atoms with E-state index in [0.29, 0.717) is 17.9 Å². The zero-order chi connectivity index (χ0) is 21.6. The minimum atomic E-state index is -1.10. The lowest BCUT2D eigenvalue weighted by atomic mass is 9.95. The minimum Gasteiger partial charge on any atom is -0.497 e. The van der Waals surface area contributed by atoms with E-state index in [0.717, 1.165) is 17.7 Å². The predicted octanol–water partition coefficient (Wildman–Crippen LogP) is 2.07. The van der Waals surface area contributed by atoms with Crippen molar-refractivity contribution in [3.8, 4) is 5.75 Å². The molecular formula is C20H27N3O6. The molecule has 29 heavy (non-hydrogen) atoms. The van der Waals surface area contributed by atoms with Crippen molar-refractivity contribution in [2.24, 2.45) is 0 Å². The number of nitrogens with zero attached hydrogens (tertiary/aromatic N) is 1. The van der Waals surface area contributed by atoms with Crippen molar-refractivity contribution in [3.05, 3.63) is 24.3 Å². The second-order valence-corrected chi connectivity index (χ2v) is 7.11. The number of unbranched alkanes of at least 4 members (excludes halogenated alkanes) is 1. The molecule has 0 spiro atoms. The molecule has 0 unspecified atom stereocenters. The molecule has 2 N–H and O–H groups in total. The van der Waals surface area contributed by atoms with Crippen LogP contribution in [0.3, 0.4) is 0 Å². The van der Waals surface area contributed by atoms with Gasteiger partial charge < -0.3 is 20.1 Å². The van der Waals surface area contributed by atoms with Crippen molar-refractivity contribution in [3.63, 3.8) is 0 Å². The maximum Gasteiger partial charge on any atom is 0.327 e. The summed E-state index contributed by atoms with van der Waals surface area (Å²) in [6.07, 6.45) is 1.03. The molecule has 1 aliphatic rings. The highest BCUT2D eigenvalue weighted by atomic mass is 16.5. The number of amides is 4. The third-order valence-electron chi connectivity index (χ3n) is 4.70. The molecule has 1 aromatic carbocycles. The number of imide groups is 1. The van der Waals surface area contributed by atoms with Crippen LogP contribution in [0.1, 0.15) is 40.0 Å². The smallest absolute Gasteiger partial charge is 0.327 e. The third-order valence-corrected chi connectivity index (χ3v) is 4.70. The number of esters is 1. The number of carbonyl (C=O) groups is 4. The Bertz CT molecular complexity index is 779. The summed E-state index contributed by atoms with van der Waals surface area (Å²) in [6.45, 7) is 4.48. The van der Waals surface area contributed by atoms with Gasteiger partial charge in [-0.05, 0) is 44.5 Å². The zero-order valence-electron chi connectivity index (χ0n) is 17.1. The number of benzene rings is 1. The van der Waals surface area contributed by atoms with Gasteiger partial charge in [-0.25, -0.2) is 4.79 Å². The van der Waals surface area contributed by atoms with Crippen LogP contribution < -0.4 is 15.4 Å². The van der Waals surface area contributed by atoms with Gasteiger partial charge in [0.15, 0.2) is 6.10 Å². The largest absolute Gasteiger partial charge is 0.497 e. The molecule has 1 heterocycles. The Morgan fingerprint density at radius 2 is 1.90 bits per heavy atom. The molecule has 2 rings (SSSR count). The number of hydrogen-bond acceptors (Lipinski definition) is 6. The number of ether oxygens (including phenoxy) is 2. The molecule has 0 bridgehead atoms. The van der Waals surface area contributed by atoms with Crippen molar-refractivity contribution < 1.29 is 28.7 Å². The molecule has 158 valence electrons. The van der Waals surface area contributed by atoms with E-state index >= 15 is 0 Å². The van der Waals surface area contributed by atoms with Crippen LogP contribution in [0.2, 0.25) is 0 Å². The SMILES string of the molecule is CCCC[C@]1(C)NC(=O)N(CC(=O)O[C@@H](C)C(=O)Nc2ccc(OC)cc2)C1=O. The van der Waals surface area contributed by atoms with Gasteiger partial charge in [0.25, 0.3) is 11.8 Å². The molecule has 1 aromatic rings. The van der Waals surface area contributed by atoms with Crippen LogP contribution in [0, 0.1) is 0 Å². The van der Waals surface area contributed by atoms with Gasteiger partial charge in [0.2, 0.25) is 0 Å². The van der Waals surface area contributed by atoms with Crippen molar-refractivity contribution in [1.82, 2.24) is 10.2 Å². The number of methoxy groups -OCH3 is 1. The molecule has 9 nitrogen and oxygen atoms in total. The molecule has 9 heteroatoms. The number of nitrogens with one attached hydrogen (secondary N) is 2. The van der Waals surface area contributed by atoms with Gasteiger partial charge in [-0.1, -0.05) is 19.8 Å². The van der Waals surface area contributed by atoms with E-state index in [9.17, 15) is 19.2 Å². The van der Waals surface area contributed by atoms with Crippen molar-refractivity contribution in [2.45, 2.75) is 51.7 Å². The summed E-state index contributed by atoms with van der Waals surface area (Å²) in [5.41, 5.74) is -0.510. The molecule has 0 aromatic heterocycles. The van der Waals surface area contributed by atoms with Gasteiger partial charge >= 0.3 is 12.0 Å². The lowest BCUT2D eigenvalue weighted by molar-refractivity contribution is -0.155. The van der Waals surface area contributed by atoms with Gasteiger partial charge in [0.1, 0.15) is 17.8 Å². The highest BCUT2D eigenvalue weighted by Crippen LogP contribution is 2.23. The number of anilines is 1. The normalized spacial score (nSPS) is 19.5. The lowest BCUT2D eigenvalue weighted by Crippen LogP contribution is -2.44. The maximum atomic E-state index is 12.5. The van der Waals surface area contributed by atoms with Gasteiger partial charge in [-0.3, -0.25) is 19.3 Å². The fourth-order valence-corrected chi connectivity index (χ4v) is 2.93. The maximum absolute atomic E-state index is 12.5. The highest BCUT2D eigenvalue weighted by Gasteiger charge is 2.48. The average molecular weight is 405 g/mol. The Morgan fingerprint density at radius 1 is 1.24 bits per heavy atom. The molecule has 1 aliphatic heterocycles. The van der Waals surface area contributed by atoms with Gasteiger partial charge in [0, 0.05) is 5.69 Å². The Hall–Kier alpha value is -3.10. The Morgan fingerprint density at radius 3 is 2.48 bits per heavy atom. The summed E-state index contributed by atoms with van der Waals surface area (Å²) in [5, 5.41) is 5.24. The molecule has 1 saturated heterocycles. The summed E-state index contributed by atoms with van der Waals surface area (Å²) < 4.78 is 10.1. The van der Waals surface area contributed by atoms with Crippen LogP contribution in [0.5, 0.6) is 5.75 Å². The van der Waals surface area contributed by atoms with Crippen molar-refractivity contribution in [2.75, 3.05) is 19.0 Å². The van der Waals surface area contributed by atoms with Gasteiger partial charge in [-0.15, -0.1) is 0 Å². The van der Waals surface area contributed by atoms with E-state index in [-0.39, 0.29) is 0 Å². The second-order valence-electron chi connectivity index (χ2n) is 7.11. The number of rotatable bonds is 9.